The van der Waals surface area contributed by atoms with E-state index in [1.54, 1.807) is 13.0 Å². The maximum atomic E-state index is 13.7. The van der Waals surface area contributed by atoms with Crippen LogP contribution in [0, 0.1) is 5.82 Å². The Balaban J connectivity index is 3.36. The van der Waals surface area contributed by atoms with Gasteiger partial charge in [-0.05, 0) is 24.5 Å². The summed E-state index contributed by atoms with van der Waals surface area (Å²) in [5.74, 6) is -1.76. The van der Waals surface area contributed by atoms with Crippen LogP contribution in [0.15, 0.2) is 12.1 Å². The van der Waals surface area contributed by atoms with Crippen LogP contribution >= 0.6 is 0 Å². The molecular weight excluding hydrogens is 223 g/mol. The van der Waals surface area contributed by atoms with E-state index in [0.717, 1.165) is 0 Å². The van der Waals surface area contributed by atoms with Gasteiger partial charge in [0.2, 0.25) is 0 Å². The molecule has 3 nitrogen and oxygen atoms in total. The third-order valence-corrected chi connectivity index (χ3v) is 2.81. The Morgan fingerprint density at radius 3 is 2.29 bits per heavy atom. The molecule has 0 amide bonds. The zero-order valence-corrected chi connectivity index (χ0v) is 10.5. The number of ether oxygens (including phenoxy) is 1. The Morgan fingerprint density at radius 1 is 1.29 bits per heavy atom. The smallest absolute Gasteiger partial charge is 0.310 e. The van der Waals surface area contributed by atoms with E-state index in [-0.39, 0.29) is 17.5 Å². The Labute approximate surface area is 100 Å². The van der Waals surface area contributed by atoms with Gasteiger partial charge in [-0.15, -0.1) is 0 Å². The van der Waals surface area contributed by atoms with Crippen LogP contribution in [0.4, 0.5) is 4.39 Å². The van der Waals surface area contributed by atoms with E-state index in [2.05, 4.69) is 0 Å². The van der Waals surface area contributed by atoms with Gasteiger partial charge < -0.3 is 9.84 Å². The second-order valence-electron chi connectivity index (χ2n) is 4.33. The molecular formula is C13H17FO3. The van der Waals surface area contributed by atoms with Crippen molar-refractivity contribution in [1.82, 2.24) is 0 Å². The maximum absolute atomic E-state index is 13.7. The summed E-state index contributed by atoms with van der Waals surface area (Å²) in [5, 5.41) is 9.00. The largest absolute Gasteiger partial charge is 0.496 e. The quantitative estimate of drug-likeness (QED) is 0.879. The highest BCUT2D eigenvalue weighted by Gasteiger charge is 2.21. The van der Waals surface area contributed by atoms with Crippen LogP contribution in [0.5, 0.6) is 5.75 Å². The van der Waals surface area contributed by atoms with E-state index in [1.165, 1.54) is 13.2 Å². The number of benzene rings is 1. The highest BCUT2D eigenvalue weighted by atomic mass is 19.1. The number of aliphatic carboxylic acids is 1. The number of carboxylic acids is 1. The van der Waals surface area contributed by atoms with Crippen LogP contribution in [0.1, 0.15) is 43.7 Å². The minimum absolute atomic E-state index is 0.000603. The molecule has 0 spiro atoms. The van der Waals surface area contributed by atoms with Gasteiger partial charge in [-0.1, -0.05) is 13.8 Å². The van der Waals surface area contributed by atoms with E-state index >= 15 is 0 Å². The van der Waals surface area contributed by atoms with Crippen molar-refractivity contribution in [1.29, 1.82) is 0 Å². The number of carbonyl (C=O) groups is 1. The van der Waals surface area contributed by atoms with Gasteiger partial charge in [-0.25, -0.2) is 4.39 Å². The van der Waals surface area contributed by atoms with E-state index < -0.39 is 11.9 Å². The van der Waals surface area contributed by atoms with E-state index in [0.29, 0.717) is 11.1 Å². The summed E-state index contributed by atoms with van der Waals surface area (Å²) in [6, 6.07) is 2.84. The van der Waals surface area contributed by atoms with E-state index in [4.69, 9.17) is 9.84 Å². The van der Waals surface area contributed by atoms with Gasteiger partial charge >= 0.3 is 5.97 Å². The molecule has 1 atom stereocenters. The molecule has 0 saturated heterocycles. The summed E-state index contributed by atoms with van der Waals surface area (Å²) in [6.07, 6.45) is 0. The highest BCUT2D eigenvalue weighted by molar-refractivity contribution is 5.76. The molecule has 94 valence electrons. The molecule has 0 radical (unpaired) electrons. The van der Waals surface area contributed by atoms with Crippen LogP contribution in [0.3, 0.4) is 0 Å². The third kappa shape index (κ3) is 2.75. The van der Waals surface area contributed by atoms with Crippen molar-refractivity contribution in [3.8, 4) is 5.75 Å². The molecule has 4 heteroatoms. The van der Waals surface area contributed by atoms with Gasteiger partial charge in [0, 0.05) is 11.6 Å². The summed E-state index contributed by atoms with van der Waals surface area (Å²) in [4.78, 5) is 11.0. The van der Waals surface area contributed by atoms with Gasteiger partial charge in [0.15, 0.2) is 0 Å². The fourth-order valence-electron chi connectivity index (χ4n) is 1.68. The monoisotopic (exact) mass is 240 g/mol. The number of methoxy groups -OCH3 is 1. The predicted octanol–water partition coefficient (Wildman–Crippen LogP) is 3.15. The molecule has 1 N–H and O–H groups in total. The standard InChI is InChI=1S/C13H17FO3/c1-7(2)9-5-10(8(3)13(15)16)12(17-4)6-11(9)14/h5-8H,1-4H3,(H,15,16). The number of hydrogen-bond donors (Lipinski definition) is 1. The first-order valence-electron chi connectivity index (χ1n) is 5.48. The maximum Gasteiger partial charge on any atom is 0.310 e. The van der Waals surface area contributed by atoms with Crippen molar-refractivity contribution in [2.75, 3.05) is 7.11 Å². The zero-order valence-electron chi connectivity index (χ0n) is 10.5. The fourth-order valence-corrected chi connectivity index (χ4v) is 1.68. The molecule has 17 heavy (non-hydrogen) atoms. The minimum atomic E-state index is -0.954. The molecule has 1 rings (SSSR count). The summed E-state index contributed by atoms with van der Waals surface area (Å²) in [6.45, 7) is 5.28. The summed E-state index contributed by atoms with van der Waals surface area (Å²) < 4.78 is 18.7. The molecule has 0 aliphatic carbocycles. The van der Waals surface area contributed by atoms with Crippen LogP contribution < -0.4 is 4.74 Å². The first-order valence-corrected chi connectivity index (χ1v) is 5.48. The average molecular weight is 240 g/mol. The van der Waals surface area contributed by atoms with Crippen molar-refractivity contribution in [2.24, 2.45) is 0 Å². The molecule has 0 heterocycles. The second kappa shape index (κ2) is 5.17. The van der Waals surface area contributed by atoms with Crippen LogP contribution in [-0.4, -0.2) is 18.2 Å². The van der Waals surface area contributed by atoms with Crippen molar-refractivity contribution in [3.05, 3.63) is 29.1 Å². The summed E-state index contributed by atoms with van der Waals surface area (Å²) >= 11 is 0. The van der Waals surface area contributed by atoms with Crippen molar-refractivity contribution >= 4 is 5.97 Å². The van der Waals surface area contributed by atoms with Gasteiger partial charge in [0.1, 0.15) is 11.6 Å². The molecule has 0 aliphatic rings. The molecule has 0 bridgehead atoms. The molecule has 0 aliphatic heterocycles. The van der Waals surface area contributed by atoms with E-state index in [9.17, 15) is 9.18 Å². The van der Waals surface area contributed by atoms with E-state index in [1.807, 2.05) is 13.8 Å². The van der Waals surface area contributed by atoms with Crippen molar-refractivity contribution < 1.29 is 19.0 Å². The Kier molecular flexibility index (Phi) is 4.10. The SMILES string of the molecule is COc1cc(F)c(C(C)C)cc1C(C)C(=O)O. The van der Waals surface area contributed by atoms with Crippen LogP contribution in [-0.2, 0) is 4.79 Å². The molecule has 0 fully saturated rings. The Hall–Kier alpha value is -1.58. The molecule has 1 aromatic carbocycles. The molecule has 0 saturated carbocycles. The van der Waals surface area contributed by atoms with Gasteiger partial charge in [0.25, 0.3) is 0 Å². The lowest BCUT2D eigenvalue weighted by Crippen LogP contribution is -2.10. The molecule has 1 unspecified atom stereocenters. The summed E-state index contributed by atoms with van der Waals surface area (Å²) in [5.41, 5.74) is 1.01. The fraction of sp³-hybridized carbons (Fsp3) is 0.462. The lowest BCUT2D eigenvalue weighted by molar-refractivity contribution is -0.138. The number of halogens is 1. The van der Waals surface area contributed by atoms with Crippen LogP contribution in [0.25, 0.3) is 0 Å². The van der Waals surface area contributed by atoms with Gasteiger partial charge in [-0.3, -0.25) is 4.79 Å². The van der Waals surface area contributed by atoms with Gasteiger partial charge in [-0.2, -0.15) is 0 Å². The van der Waals surface area contributed by atoms with Crippen molar-refractivity contribution in [2.45, 2.75) is 32.6 Å². The topological polar surface area (TPSA) is 46.5 Å². The lowest BCUT2D eigenvalue weighted by Gasteiger charge is -2.16. The normalized spacial score (nSPS) is 12.6. The molecule has 0 aromatic heterocycles. The lowest BCUT2D eigenvalue weighted by atomic mass is 9.93. The number of hydrogen-bond acceptors (Lipinski definition) is 2. The Bertz CT molecular complexity index is 427. The first kappa shape index (κ1) is 13.5. The van der Waals surface area contributed by atoms with Gasteiger partial charge in [0.05, 0.1) is 13.0 Å². The zero-order chi connectivity index (χ0) is 13.2. The predicted molar refractivity (Wildman–Crippen MR) is 63.1 cm³/mol. The van der Waals surface area contributed by atoms with Crippen LogP contribution in [0.2, 0.25) is 0 Å². The highest BCUT2D eigenvalue weighted by Crippen LogP contribution is 2.32. The molecule has 1 aromatic rings. The van der Waals surface area contributed by atoms with Crippen molar-refractivity contribution in [3.63, 3.8) is 0 Å². The first-order chi connectivity index (χ1) is 7.88. The number of carboxylic acid groups (broad SMARTS) is 1. The third-order valence-electron chi connectivity index (χ3n) is 2.81. The average Bonchev–Trinajstić information content (AvgIpc) is 2.26. The Morgan fingerprint density at radius 2 is 1.88 bits per heavy atom. The second-order valence-corrected chi connectivity index (χ2v) is 4.33. The number of rotatable bonds is 4. The minimum Gasteiger partial charge on any atom is -0.496 e. The summed E-state index contributed by atoms with van der Waals surface area (Å²) in [7, 11) is 1.40.